The minimum atomic E-state index is -0.00963. The van der Waals surface area contributed by atoms with Crippen molar-refractivity contribution in [1.29, 1.82) is 0 Å². The Morgan fingerprint density at radius 2 is 1.02 bits per heavy atom. The maximum absolute atomic E-state index is 5.96. The lowest BCUT2D eigenvalue weighted by molar-refractivity contribution is -0.00476. The number of rotatable bonds is 9. The van der Waals surface area contributed by atoms with Crippen molar-refractivity contribution in [3.05, 3.63) is 57.6 Å². The van der Waals surface area contributed by atoms with E-state index < -0.39 is 0 Å². The molecule has 0 saturated heterocycles. The van der Waals surface area contributed by atoms with Crippen molar-refractivity contribution < 1.29 is 4.74 Å². The summed E-state index contributed by atoms with van der Waals surface area (Å²) in [6.07, 6.45) is 16.0. The third kappa shape index (κ3) is 6.62. The first kappa shape index (κ1) is 36.2. The first-order valence-electron chi connectivity index (χ1n) is 20.2. The van der Waals surface area contributed by atoms with E-state index >= 15 is 0 Å². The number of benzene rings is 2. The van der Waals surface area contributed by atoms with Gasteiger partial charge in [0.25, 0.3) is 0 Å². The van der Waals surface area contributed by atoms with E-state index in [2.05, 4.69) is 114 Å². The molecule has 0 bridgehead atoms. The van der Waals surface area contributed by atoms with Crippen LogP contribution in [0.15, 0.2) is 24.3 Å². The summed E-state index contributed by atoms with van der Waals surface area (Å²) >= 11 is 0. The zero-order valence-electron chi connectivity index (χ0n) is 33.6. The Morgan fingerprint density at radius 1 is 0.583 bits per heavy atom. The van der Waals surface area contributed by atoms with Gasteiger partial charge in [-0.15, -0.1) is 0 Å². The summed E-state index contributed by atoms with van der Waals surface area (Å²) in [5, 5.41) is 0. The van der Waals surface area contributed by atoms with E-state index in [4.69, 9.17) is 4.74 Å². The standard InChI is InChI=1S/C47H72O/c1-42(2,3)48-25-17-15-14-16-18-31-19-20-32(26-31)47(12,13)41-35-29-39-37(43(4,5)21-23-45(39,8)9)27-33(35)34-28-38-40(30-36(34)41)46(10,11)24-22-44(38,6)7/h27-32,41H,14-26H2,1-13H3. The molecule has 0 aromatic heterocycles. The fourth-order valence-corrected chi connectivity index (χ4v) is 10.7. The molecule has 1 nitrogen and oxygen atoms in total. The molecule has 6 rings (SSSR count). The van der Waals surface area contributed by atoms with Crippen LogP contribution in [0.25, 0.3) is 11.1 Å². The van der Waals surface area contributed by atoms with E-state index in [0.29, 0.717) is 5.92 Å². The zero-order valence-corrected chi connectivity index (χ0v) is 33.6. The maximum Gasteiger partial charge on any atom is 0.0598 e. The third-order valence-electron chi connectivity index (χ3n) is 14.3. The molecular formula is C47H72O. The van der Waals surface area contributed by atoms with Crippen LogP contribution in [0.4, 0.5) is 0 Å². The minimum absolute atomic E-state index is 0.00963. The Hall–Kier alpha value is -1.60. The molecule has 0 amide bonds. The van der Waals surface area contributed by atoms with Crippen molar-refractivity contribution in [2.45, 2.75) is 200 Å². The van der Waals surface area contributed by atoms with Gasteiger partial charge in [0.05, 0.1) is 5.60 Å². The predicted molar refractivity (Wildman–Crippen MR) is 208 cm³/mol. The normalized spacial score (nSPS) is 25.4. The van der Waals surface area contributed by atoms with Gasteiger partial charge < -0.3 is 4.74 Å². The molecule has 0 radical (unpaired) electrons. The van der Waals surface area contributed by atoms with Gasteiger partial charge in [-0.1, -0.05) is 126 Å². The fraction of sp³-hybridized carbons (Fsp3) is 0.745. The summed E-state index contributed by atoms with van der Waals surface area (Å²) < 4.78 is 5.96. The zero-order chi connectivity index (χ0) is 35.1. The minimum Gasteiger partial charge on any atom is -0.376 e. The average Bonchev–Trinajstić information content (AvgIpc) is 3.59. The van der Waals surface area contributed by atoms with Gasteiger partial charge in [-0.2, -0.15) is 0 Å². The van der Waals surface area contributed by atoms with E-state index in [0.717, 1.165) is 18.4 Å². The molecule has 4 aliphatic carbocycles. The van der Waals surface area contributed by atoms with Gasteiger partial charge in [-0.25, -0.2) is 0 Å². The highest BCUT2D eigenvalue weighted by molar-refractivity contribution is 5.82. The molecule has 1 saturated carbocycles. The van der Waals surface area contributed by atoms with Crippen LogP contribution in [0.2, 0.25) is 0 Å². The fourth-order valence-electron chi connectivity index (χ4n) is 10.7. The highest BCUT2D eigenvalue weighted by Gasteiger charge is 2.49. The lowest BCUT2D eigenvalue weighted by Crippen LogP contribution is -2.35. The van der Waals surface area contributed by atoms with Crippen molar-refractivity contribution in [2.75, 3.05) is 6.61 Å². The quantitative estimate of drug-likeness (QED) is 0.245. The second-order valence-corrected chi connectivity index (χ2v) is 21.3. The third-order valence-corrected chi connectivity index (χ3v) is 14.3. The summed E-state index contributed by atoms with van der Waals surface area (Å²) in [6.45, 7) is 32.8. The Morgan fingerprint density at radius 3 is 1.48 bits per heavy atom. The molecule has 48 heavy (non-hydrogen) atoms. The molecule has 2 aromatic rings. The topological polar surface area (TPSA) is 9.23 Å². The number of hydrogen-bond donors (Lipinski definition) is 0. The first-order chi connectivity index (χ1) is 22.1. The van der Waals surface area contributed by atoms with Gasteiger partial charge in [-0.05, 0) is 149 Å². The van der Waals surface area contributed by atoms with Gasteiger partial charge in [-0.3, -0.25) is 0 Å². The van der Waals surface area contributed by atoms with Crippen LogP contribution in [0.3, 0.4) is 0 Å². The second kappa shape index (κ2) is 12.3. The Labute approximate surface area is 296 Å². The van der Waals surface area contributed by atoms with Crippen molar-refractivity contribution in [3.8, 4) is 11.1 Å². The molecule has 0 N–H and O–H groups in total. The van der Waals surface area contributed by atoms with Crippen molar-refractivity contribution in [3.63, 3.8) is 0 Å². The second-order valence-electron chi connectivity index (χ2n) is 21.3. The van der Waals surface area contributed by atoms with Crippen LogP contribution in [0.5, 0.6) is 0 Å². The molecule has 0 aliphatic heterocycles. The molecule has 0 heterocycles. The van der Waals surface area contributed by atoms with Crippen LogP contribution < -0.4 is 0 Å². The Balaban J connectivity index is 1.33. The molecule has 2 unspecified atom stereocenters. The van der Waals surface area contributed by atoms with Gasteiger partial charge in [0, 0.05) is 12.5 Å². The molecule has 2 atom stereocenters. The van der Waals surface area contributed by atoms with Gasteiger partial charge in [0.2, 0.25) is 0 Å². The van der Waals surface area contributed by atoms with E-state index in [1.165, 1.54) is 77.0 Å². The van der Waals surface area contributed by atoms with Gasteiger partial charge >= 0.3 is 0 Å². The van der Waals surface area contributed by atoms with Crippen molar-refractivity contribution >= 4 is 0 Å². The number of fused-ring (bicyclic) bond motifs is 5. The molecule has 2 aromatic carbocycles. The van der Waals surface area contributed by atoms with Crippen LogP contribution >= 0.6 is 0 Å². The van der Waals surface area contributed by atoms with E-state index in [1.807, 2.05) is 0 Å². The monoisotopic (exact) mass is 653 g/mol. The number of ether oxygens (including phenoxy) is 1. The van der Waals surface area contributed by atoms with E-state index in [-0.39, 0.29) is 32.7 Å². The lowest BCUT2D eigenvalue weighted by atomic mass is 9.60. The summed E-state index contributed by atoms with van der Waals surface area (Å²) in [7, 11) is 0. The van der Waals surface area contributed by atoms with Crippen LogP contribution in [-0.4, -0.2) is 12.2 Å². The summed E-state index contributed by atoms with van der Waals surface area (Å²) in [5.74, 6) is 2.13. The molecule has 266 valence electrons. The van der Waals surface area contributed by atoms with E-state index in [1.54, 1.807) is 44.5 Å². The lowest BCUT2D eigenvalue weighted by Gasteiger charge is -2.44. The summed E-state index contributed by atoms with van der Waals surface area (Å²) in [6, 6.07) is 10.9. The molecule has 1 fully saturated rings. The highest BCUT2D eigenvalue weighted by Crippen LogP contribution is 2.62. The Bertz CT molecular complexity index is 1420. The predicted octanol–water partition coefficient (Wildman–Crippen LogP) is 13.7. The van der Waals surface area contributed by atoms with Gasteiger partial charge in [0.1, 0.15) is 0 Å². The molecule has 0 spiro atoms. The Kier molecular flexibility index (Phi) is 9.25. The number of unbranched alkanes of at least 4 members (excludes halogenated alkanes) is 3. The molecule has 1 heteroatoms. The average molecular weight is 653 g/mol. The SMILES string of the molecule is CC(C)(C)OCCCCCCC1CCC(C(C)(C)C2c3cc4c(cc3-c3cc5c(cc32)C(C)(C)CCC5(C)C)C(C)(C)CCC4(C)C)C1. The van der Waals surface area contributed by atoms with Crippen molar-refractivity contribution in [1.82, 2.24) is 0 Å². The van der Waals surface area contributed by atoms with Crippen LogP contribution in [0.1, 0.15) is 206 Å². The van der Waals surface area contributed by atoms with Crippen LogP contribution in [0, 0.1) is 17.3 Å². The van der Waals surface area contributed by atoms with Crippen molar-refractivity contribution in [2.24, 2.45) is 17.3 Å². The highest BCUT2D eigenvalue weighted by atomic mass is 16.5. The number of hydrogen-bond acceptors (Lipinski definition) is 1. The smallest absolute Gasteiger partial charge is 0.0598 e. The summed E-state index contributed by atoms with van der Waals surface area (Å²) in [5.41, 5.74) is 14.0. The van der Waals surface area contributed by atoms with Crippen LogP contribution in [-0.2, 0) is 26.4 Å². The summed E-state index contributed by atoms with van der Waals surface area (Å²) in [4.78, 5) is 0. The molecular weight excluding hydrogens is 581 g/mol. The first-order valence-corrected chi connectivity index (χ1v) is 20.2. The molecule has 4 aliphatic rings. The largest absolute Gasteiger partial charge is 0.376 e. The van der Waals surface area contributed by atoms with E-state index in [9.17, 15) is 0 Å². The maximum atomic E-state index is 5.96. The van der Waals surface area contributed by atoms with Gasteiger partial charge in [0.15, 0.2) is 0 Å².